The van der Waals surface area contributed by atoms with Gasteiger partial charge in [-0.05, 0) is 18.2 Å². The summed E-state index contributed by atoms with van der Waals surface area (Å²) in [5, 5.41) is 18.3. The van der Waals surface area contributed by atoms with E-state index in [0.29, 0.717) is 23.8 Å². The number of methoxy groups -OCH3 is 1. The summed E-state index contributed by atoms with van der Waals surface area (Å²) >= 11 is 0. The SMILES string of the molecule is COc1ccccc1C1CNCCN1Cc1nc(-c2ccc([N+](=O)[O-])cc2)no1. The van der Waals surface area contributed by atoms with Gasteiger partial charge in [-0.25, -0.2) is 0 Å². The van der Waals surface area contributed by atoms with Gasteiger partial charge in [0.1, 0.15) is 5.75 Å². The van der Waals surface area contributed by atoms with Crippen LogP contribution in [0.3, 0.4) is 0 Å². The summed E-state index contributed by atoms with van der Waals surface area (Å²) in [5.74, 6) is 1.77. The zero-order valence-corrected chi connectivity index (χ0v) is 15.9. The summed E-state index contributed by atoms with van der Waals surface area (Å²) in [6.45, 7) is 3.00. The molecule has 0 bridgehead atoms. The first-order valence-corrected chi connectivity index (χ1v) is 9.31. The second-order valence-corrected chi connectivity index (χ2v) is 6.75. The van der Waals surface area contributed by atoms with Crippen LogP contribution >= 0.6 is 0 Å². The number of nitro groups is 1. The molecular weight excluding hydrogens is 374 g/mol. The smallest absolute Gasteiger partial charge is 0.269 e. The van der Waals surface area contributed by atoms with Crippen molar-refractivity contribution in [1.29, 1.82) is 0 Å². The number of benzene rings is 2. The van der Waals surface area contributed by atoms with Gasteiger partial charge < -0.3 is 14.6 Å². The first kappa shape index (κ1) is 19.0. The van der Waals surface area contributed by atoms with E-state index < -0.39 is 4.92 Å². The lowest BCUT2D eigenvalue weighted by Crippen LogP contribution is -2.45. The number of rotatable bonds is 6. The van der Waals surface area contributed by atoms with Crippen LogP contribution in [-0.4, -0.2) is 46.7 Å². The van der Waals surface area contributed by atoms with Gasteiger partial charge in [-0.2, -0.15) is 4.98 Å². The molecular formula is C20H21N5O4. The van der Waals surface area contributed by atoms with Crippen LogP contribution in [0.2, 0.25) is 0 Å². The Morgan fingerprint density at radius 1 is 1.28 bits per heavy atom. The highest BCUT2D eigenvalue weighted by atomic mass is 16.6. The fourth-order valence-corrected chi connectivity index (χ4v) is 3.53. The van der Waals surface area contributed by atoms with Gasteiger partial charge in [-0.15, -0.1) is 0 Å². The van der Waals surface area contributed by atoms with E-state index in [1.807, 2.05) is 18.2 Å². The van der Waals surface area contributed by atoms with Crippen molar-refractivity contribution in [3.8, 4) is 17.1 Å². The van der Waals surface area contributed by atoms with Crippen LogP contribution in [0.25, 0.3) is 11.4 Å². The Bertz CT molecular complexity index is 989. The number of ether oxygens (including phenoxy) is 1. The molecule has 0 spiro atoms. The maximum Gasteiger partial charge on any atom is 0.269 e. The lowest BCUT2D eigenvalue weighted by Gasteiger charge is -2.36. The van der Waals surface area contributed by atoms with Crippen molar-refractivity contribution in [3.05, 3.63) is 70.1 Å². The van der Waals surface area contributed by atoms with Gasteiger partial charge in [0.15, 0.2) is 0 Å². The van der Waals surface area contributed by atoms with Crippen molar-refractivity contribution in [2.45, 2.75) is 12.6 Å². The lowest BCUT2D eigenvalue weighted by molar-refractivity contribution is -0.384. The van der Waals surface area contributed by atoms with Gasteiger partial charge in [0.05, 0.1) is 24.6 Å². The monoisotopic (exact) mass is 395 g/mol. The molecule has 2 aromatic carbocycles. The Labute approximate surface area is 167 Å². The molecule has 0 saturated carbocycles. The number of aromatic nitrogens is 2. The maximum absolute atomic E-state index is 10.8. The third-order valence-electron chi connectivity index (χ3n) is 4.99. The molecule has 1 N–H and O–H groups in total. The first-order valence-electron chi connectivity index (χ1n) is 9.31. The van der Waals surface area contributed by atoms with Crippen LogP contribution < -0.4 is 10.1 Å². The van der Waals surface area contributed by atoms with Gasteiger partial charge in [-0.1, -0.05) is 23.4 Å². The standard InChI is InChI=1S/C20H21N5O4/c1-28-18-5-3-2-4-16(18)17-12-21-10-11-24(17)13-19-22-20(23-29-19)14-6-8-15(9-7-14)25(26)27/h2-9,17,21H,10-13H2,1H3. The van der Waals surface area contributed by atoms with Crippen LogP contribution in [0.1, 0.15) is 17.5 Å². The van der Waals surface area contributed by atoms with Crippen LogP contribution in [0, 0.1) is 10.1 Å². The number of hydrogen-bond acceptors (Lipinski definition) is 8. The van der Waals surface area contributed by atoms with E-state index in [-0.39, 0.29) is 11.7 Å². The maximum atomic E-state index is 10.8. The number of nitrogens with zero attached hydrogens (tertiary/aromatic N) is 4. The third-order valence-corrected chi connectivity index (χ3v) is 4.99. The number of piperazine rings is 1. The molecule has 1 aromatic heterocycles. The van der Waals surface area contributed by atoms with Crippen LogP contribution in [0.4, 0.5) is 5.69 Å². The molecule has 0 aliphatic carbocycles. The Balaban J connectivity index is 1.53. The second kappa shape index (κ2) is 8.38. The molecule has 1 saturated heterocycles. The number of para-hydroxylation sites is 1. The number of non-ortho nitro benzene ring substituents is 1. The van der Waals surface area contributed by atoms with Crippen molar-refractivity contribution in [1.82, 2.24) is 20.4 Å². The summed E-state index contributed by atoms with van der Waals surface area (Å²) in [7, 11) is 1.67. The molecule has 0 amide bonds. The van der Waals surface area contributed by atoms with Gasteiger partial charge in [-0.3, -0.25) is 15.0 Å². The molecule has 2 heterocycles. The van der Waals surface area contributed by atoms with Crippen LogP contribution in [0.5, 0.6) is 5.75 Å². The summed E-state index contributed by atoms with van der Waals surface area (Å²) in [4.78, 5) is 17.1. The highest BCUT2D eigenvalue weighted by molar-refractivity contribution is 5.56. The largest absolute Gasteiger partial charge is 0.496 e. The number of nitrogens with one attached hydrogen (secondary N) is 1. The highest BCUT2D eigenvalue weighted by Gasteiger charge is 2.27. The molecule has 3 aromatic rings. The average molecular weight is 395 g/mol. The molecule has 1 atom stereocenters. The predicted octanol–water partition coefficient (Wildman–Crippen LogP) is 2.80. The van der Waals surface area contributed by atoms with Crippen molar-refractivity contribution in [3.63, 3.8) is 0 Å². The molecule has 150 valence electrons. The first-order chi connectivity index (χ1) is 14.2. The van der Waals surface area contributed by atoms with Gasteiger partial charge in [0, 0.05) is 42.9 Å². The van der Waals surface area contributed by atoms with E-state index in [1.54, 1.807) is 19.2 Å². The summed E-state index contributed by atoms with van der Waals surface area (Å²) in [5.41, 5.74) is 1.81. The van der Waals surface area contributed by atoms with Crippen molar-refractivity contribution >= 4 is 5.69 Å². The molecule has 1 aliphatic rings. The van der Waals surface area contributed by atoms with Crippen molar-refractivity contribution in [2.24, 2.45) is 0 Å². The Hall–Kier alpha value is -3.30. The van der Waals surface area contributed by atoms with E-state index in [0.717, 1.165) is 30.9 Å². The predicted molar refractivity (Wildman–Crippen MR) is 105 cm³/mol. The lowest BCUT2D eigenvalue weighted by atomic mass is 10.0. The quantitative estimate of drug-likeness (QED) is 0.502. The average Bonchev–Trinajstić information content (AvgIpc) is 3.23. The summed E-state index contributed by atoms with van der Waals surface area (Å²) in [6.07, 6.45) is 0. The topological polar surface area (TPSA) is 107 Å². The normalized spacial score (nSPS) is 17.2. The molecule has 0 radical (unpaired) electrons. The van der Waals surface area contributed by atoms with Crippen molar-refractivity contribution < 1.29 is 14.2 Å². The molecule has 9 nitrogen and oxygen atoms in total. The minimum atomic E-state index is -0.437. The van der Waals surface area contributed by atoms with E-state index >= 15 is 0 Å². The second-order valence-electron chi connectivity index (χ2n) is 6.75. The van der Waals surface area contributed by atoms with Crippen LogP contribution in [-0.2, 0) is 6.54 Å². The van der Waals surface area contributed by atoms with Crippen LogP contribution in [0.15, 0.2) is 53.1 Å². The number of nitro benzene ring substituents is 1. The van der Waals surface area contributed by atoms with Gasteiger partial charge >= 0.3 is 0 Å². The molecule has 9 heteroatoms. The minimum absolute atomic E-state index is 0.0259. The Morgan fingerprint density at radius 2 is 2.07 bits per heavy atom. The zero-order chi connectivity index (χ0) is 20.2. The van der Waals surface area contributed by atoms with Gasteiger partial charge in [0.25, 0.3) is 5.69 Å². The minimum Gasteiger partial charge on any atom is -0.496 e. The van der Waals surface area contributed by atoms with E-state index in [9.17, 15) is 10.1 Å². The van der Waals surface area contributed by atoms with Gasteiger partial charge in [0.2, 0.25) is 11.7 Å². The number of hydrogen-bond donors (Lipinski definition) is 1. The summed E-state index contributed by atoms with van der Waals surface area (Å²) in [6, 6.07) is 14.2. The fraction of sp³-hybridized carbons (Fsp3) is 0.300. The molecule has 1 aliphatic heterocycles. The van der Waals surface area contributed by atoms with E-state index in [1.165, 1.54) is 12.1 Å². The molecule has 1 unspecified atom stereocenters. The van der Waals surface area contributed by atoms with Crippen molar-refractivity contribution in [2.75, 3.05) is 26.7 Å². The van der Waals surface area contributed by atoms with E-state index in [2.05, 4.69) is 26.4 Å². The third kappa shape index (κ3) is 4.10. The van der Waals surface area contributed by atoms with E-state index in [4.69, 9.17) is 9.26 Å². The highest BCUT2D eigenvalue weighted by Crippen LogP contribution is 2.31. The Kier molecular flexibility index (Phi) is 5.50. The molecule has 1 fully saturated rings. The molecule has 4 rings (SSSR count). The Morgan fingerprint density at radius 3 is 2.83 bits per heavy atom. The molecule has 29 heavy (non-hydrogen) atoms. The summed E-state index contributed by atoms with van der Waals surface area (Å²) < 4.78 is 11.0. The fourth-order valence-electron chi connectivity index (χ4n) is 3.53. The zero-order valence-electron chi connectivity index (χ0n) is 15.9.